The number of nitrogens with two attached hydrogens (primary N) is 1. The minimum absolute atomic E-state index is 0.109. The Bertz CT molecular complexity index is 485. The molecule has 0 aliphatic heterocycles. The predicted molar refractivity (Wildman–Crippen MR) is 79.5 cm³/mol. The zero-order chi connectivity index (χ0) is 14.8. The Morgan fingerprint density at radius 1 is 1.35 bits per heavy atom. The monoisotopic (exact) mass is 276 g/mol. The smallest absolute Gasteiger partial charge is 0.240 e. The lowest BCUT2D eigenvalue weighted by Gasteiger charge is -2.34. The Labute approximate surface area is 120 Å². The Kier molecular flexibility index (Phi) is 4.04. The van der Waals surface area contributed by atoms with Crippen LogP contribution in [0, 0.1) is 0 Å². The van der Waals surface area contributed by atoms with Crippen LogP contribution in [-0.2, 0) is 10.3 Å². The van der Waals surface area contributed by atoms with E-state index in [-0.39, 0.29) is 11.4 Å². The molecular weight excluding hydrogens is 252 g/mol. The van der Waals surface area contributed by atoms with E-state index in [1.807, 2.05) is 18.2 Å². The van der Waals surface area contributed by atoms with Crippen molar-refractivity contribution in [1.29, 1.82) is 0 Å². The van der Waals surface area contributed by atoms with E-state index in [0.29, 0.717) is 0 Å². The van der Waals surface area contributed by atoms with Gasteiger partial charge in [-0.2, -0.15) is 0 Å². The number of carbonyl (C=O) groups excluding carboxylic acids is 1. The molecule has 1 saturated carbocycles. The minimum atomic E-state index is -0.867. The largest absolute Gasteiger partial charge is 0.497 e. The van der Waals surface area contributed by atoms with Crippen LogP contribution in [0.15, 0.2) is 24.3 Å². The van der Waals surface area contributed by atoms with E-state index in [0.717, 1.165) is 37.0 Å². The summed E-state index contributed by atoms with van der Waals surface area (Å²) in [6, 6.07) is 7.95. The number of nitrogens with one attached hydrogen (secondary N) is 1. The molecule has 4 nitrogen and oxygen atoms in total. The fourth-order valence-corrected chi connectivity index (χ4v) is 2.76. The van der Waals surface area contributed by atoms with Crippen LogP contribution in [0.25, 0.3) is 0 Å². The van der Waals surface area contributed by atoms with Gasteiger partial charge in [0.1, 0.15) is 5.75 Å². The van der Waals surface area contributed by atoms with E-state index < -0.39 is 5.54 Å². The topological polar surface area (TPSA) is 64.3 Å². The second-order valence-corrected chi connectivity index (χ2v) is 6.20. The molecule has 4 heteroatoms. The van der Waals surface area contributed by atoms with Gasteiger partial charge in [-0.3, -0.25) is 4.79 Å². The van der Waals surface area contributed by atoms with Crippen LogP contribution in [0.3, 0.4) is 0 Å². The molecule has 1 aromatic carbocycles. The Hall–Kier alpha value is -1.55. The molecule has 0 aromatic heterocycles. The summed E-state index contributed by atoms with van der Waals surface area (Å²) in [5.74, 6) is 0.706. The molecule has 1 amide bonds. The molecule has 110 valence electrons. The molecule has 20 heavy (non-hydrogen) atoms. The van der Waals surface area contributed by atoms with Crippen molar-refractivity contribution in [2.24, 2.45) is 5.73 Å². The lowest BCUT2D eigenvalue weighted by molar-refractivity contribution is -0.127. The molecule has 1 fully saturated rings. The molecule has 3 N–H and O–H groups in total. The highest BCUT2D eigenvalue weighted by Crippen LogP contribution is 2.40. The van der Waals surface area contributed by atoms with Gasteiger partial charge in [0.15, 0.2) is 0 Å². The highest BCUT2D eigenvalue weighted by Gasteiger charge is 2.39. The van der Waals surface area contributed by atoms with Crippen LogP contribution in [0.4, 0.5) is 0 Å². The molecule has 1 aliphatic carbocycles. The molecule has 0 heterocycles. The zero-order valence-corrected chi connectivity index (χ0v) is 12.5. The molecule has 0 radical (unpaired) electrons. The first-order chi connectivity index (χ1) is 9.37. The Morgan fingerprint density at radius 2 is 2.00 bits per heavy atom. The number of ether oxygens (including phenoxy) is 1. The molecule has 0 saturated heterocycles. The van der Waals surface area contributed by atoms with Gasteiger partial charge in [0, 0.05) is 0 Å². The SMILES string of the molecule is COc1cccc(C2(NC(=O)C(C)(C)N)CCCC2)c1. The lowest BCUT2D eigenvalue weighted by Crippen LogP contribution is -2.55. The van der Waals surface area contributed by atoms with Crippen molar-refractivity contribution < 1.29 is 9.53 Å². The number of methoxy groups -OCH3 is 1. The van der Waals surface area contributed by atoms with Gasteiger partial charge in [0.25, 0.3) is 0 Å². The number of hydrogen-bond acceptors (Lipinski definition) is 3. The second-order valence-electron chi connectivity index (χ2n) is 6.20. The van der Waals surface area contributed by atoms with Gasteiger partial charge in [-0.15, -0.1) is 0 Å². The van der Waals surface area contributed by atoms with Crippen LogP contribution in [-0.4, -0.2) is 18.6 Å². The Balaban J connectivity index is 2.32. The fourth-order valence-electron chi connectivity index (χ4n) is 2.76. The van der Waals surface area contributed by atoms with Gasteiger partial charge in [0.2, 0.25) is 5.91 Å². The van der Waals surface area contributed by atoms with E-state index in [4.69, 9.17) is 10.5 Å². The van der Waals surface area contributed by atoms with Crippen LogP contribution in [0.2, 0.25) is 0 Å². The third kappa shape index (κ3) is 2.96. The molecule has 1 aromatic rings. The molecule has 0 unspecified atom stereocenters. The van der Waals surface area contributed by atoms with Crippen LogP contribution in [0.1, 0.15) is 45.1 Å². The third-order valence-electron chi connectivity index (χ3n) is 4.02. The second kappa shape index (κ2) is 5.44. The maximum atomic E-state index is 12.3. The average Bonchev–Trinajstić information content (AvgIpc) is 2.87. The first-order valence-electron chi connectivity index (χ1n) is 7.13. The van der Waals surface area contributed by atoms with Gasteiger partial charge >= 0.3 is 0 Å². The number of hydrogen-bond donors (Lipinski definition) is 2. The first-order valence-corrected chi connectivity index (χ1v) is 7.13. The summed E-state index contributed by atoms with van der Waals surface area (Å²) in [5.41, 5.74) is 5.85. The minimum Gasteiger partial charge on any atom is -0.497 e. The highest BCUT2D eigenvalue weighted by atomic mass is 16.5. The molecule has 1 aliphatic rings. The van der Waals surface area contributed by atoms with Gasteiger partial charge in [-0.05, 0) is 44.4 Å². The van der Waals surface area contributed by atoms with Crippen molar-refractivity contribution >= 4 is 5.91 Å². The van der Waals surface area contributed by atoms with Gasteiger partial charge in [-0.25, -0.2) is 0 Å². The summed E-state index contributed by atoms with van der Waals surface area (Å²) in [4.78, 5) is 12.3. The van der Waals surface area contributed by atoms with Crippen molar-refractivity contribution in [3.8, 4) is 5.75 Å². The summed E-state index contributed by atoms with van der Waals surface area (Å²) in [6.45, 7) is 3.47. The predicted octanol–water partition coefficient (Wildman–Crippen LogP) is 2.32. The number of amides is 1. The van der Waals surface area contributed by atoms with Crippen LogP contribution >= 0.6 is 0 Å². The van der Waals surface area contributed by atoms with E-state index >= 15 is 0 Å². The highest BCUT2D eigenvalue weighted by molar-refractivity contribution is 5.86. The maximum absolute atomic E-state index is 12.3. The van der Waals surface area contributed by atoms with E-state index in [1.165, 1.54) is 0 Å². The quantitative estimate of drug-likeness (QED) is 0.887. The molecule has 0 atom stereocenters. The van der Waals surface area contributed by atoms with Crippen molar-refractivity contribution in [3.63, 3.8) is 0 Å². The van der Waals surface area contributed by atoms with Crippen LogP contribution < -0.4 is 15.8 Å². The first kappa shape index (κ1) is 14.9. The summed E-state index contributed by atoms with van der Waals surface area (Å²) in [5, 5.41) is 3.18. The molecular formula is C16H24N2O2. The number of benzene rings is 1. The van der Waals surface area contributed by atoms with Gasteiger partial charge in [-0.1, -0.05) is 25.0 Å². The third-order valence-corrected chi connectivity index (χ3v) is 4.02. The van der Waals surface area contributed by atoms with Crippen molar-refractivity contribution in [1.82, 2.24) is 5.32 Å². The fraction of sp³-hybridized carbons (Fsp3) is 0.562. The summed E-state index contributed by atoms with van der Waals surface area (Å²) < 4.78 is 5.29. The van der Waals surface area contributed by atoms with Gasteiger partial charge < -0.3 is 15.8 Å². The average molecular weight is 276 g/mol. The van der Waals surface area contributed by atoms with E-state index in [9.17, 15) is 4.79 Å². The van der Waals surface area contributed by atoms with Crippen molar-refractivity contribution in [2.45, 2.75) is 50.6 Å². The van der Waals surface area contributed by atoms with Crippen LogP contribution in [0.5, 0.6) is 5.75 Å². The summed E-state index contributed by atoms with van der Waals surface area (Å²) in [6.07, 6.45) is 4.12. The van der Waals surface area contributed by atoms with E-state index in [1.54, 1.807) is 21.0 Å². The molecule has 0 bridgehead atoms. The zero-order valence-electron chi connectivity index (χ0n) is 12.5. The van der Waals surface area contributed by atoms with Crippen molar-refractivity contribution in [3.05, 3.63) is 29.8 Å². The summed E-state index contributed by atoms with van der Waals surface area (Å²) >= 11 is 0. The number of carbonyl (C=O) groups is 1. The van der Waals surface area contributed by atoms with Crippen molar-refractivity contribution in [2.75, 3.05) is 7.11 Å². The Morgan fingerprint density at radius 3 is 2.55 bits per heavy atom. The molecule has 2 rings (SSSR count). The molecule has 0 spiro atoms. The normalized spacial score (nSPS) is 17.8. The lowest BCUT2D eigenvalue weighted by atomic mass is 9.87. The van der Waals surface area contributed by atoms with Gasteiger partial charge in [0.05, 0.1) is 18.2 Å². The standard InChI is InChI=1S/C16H24N2O2/c1-15(2,17)14(19)18-16(9-4-5-10-16)12-7-6-8-13(11-12)20-3/h6-8,11H,4-5,9-10,17H2,1-3H3,(H,18,19). The van der Waals surface area contributed by atoms with E-state index in [2.05, 4.69) is 11.4 Å². The number of rotatable bonds is 4. The summed E-state index contributed by atoms with van der Waals surface area (Å²) in [7, 11) is 1.65. The maximum Gasteiger partial charge on any atom is 0.240 e.